The van der Waals surface area contributed by atoms with Crippen LogP contribution in [-0.2, 0) is 9.53 Å². The van der Waals surface area contributed by atoms with Crippen LogP contribution in [0.3, 0.4) is 0 Å². The Kier molecular flexibility index (Phi) is 10.7. The molecule has 2 atom stereocenters. The largest absolute Gasteiger partial charge is 0.453 e. The summed E-state index contributed by atoms with van der Waals surface area (Å²) < 4.78 is 6.16. The lowest BCUT2D eigenvalue weighted by Gasteiger charge is -2.20. The lowest BCUT2D eigenvalue weighted by atomic mass is 9.96. The smallest absolute Gasteiger partial charge is 0.411 e. The SMILES string of the molecule is CCN1CCC(CC[C@H](NC(=O)/C=C/c2cc(Cl)ccc2-n2cnnn2)c2cc(-c3ccc(NC(=O)OC)cc3)c(Cl)nn2)C1. The van der Waals surface area contributed by atoms with Gasteiger partial charge in [-0.3, -0.25) is 10.1 Å². The zero-order valence-corrected chi connectivity index (χ0v) is 26.4. The van der Waals surface area contributed by atoms with Gasteiger partial charge in [0.1, 0.15) is 6.33 Å². The third-order valence-electron chi connectivity index (χ3n) is 7.75. The second-order valence-electron chi connectivity index (χ2n) is 10.6. The molecule has 12 nitrogen and oxygen atoms in total. The predicted molar refractivity (Wildman–Crippen MR) is 172 cm³/mol. The van der Waals surface area contributed by atoms with Gasteiger partial charge < -0.3 is 15.0 Å². The van der Waals surface area contributed by atoms with E-state index in [1.807, 2.05) is 18.2 Å². The number of amides is 2. The van der Waals surface area contributed by atoms with E-state index in [0.29, 0.717) is 45.6 Å². The van der Waals surface area contributed by atoms with E-state index in [2.05, 4.69) is 52.9 Å². The van der Waals surface area contributed by atoms with Crippen LogP contribution in [0.5, 0.6) is 0 Å². The standard InChI is InChI=1S/C31H33Cl2N9O3/c1-3-41-15-14-20(18-41)4-11-26(36-29(43)13-7-22-16-23(32)8-12-28(22)42-19-34-39-40-42)27-17-25(30(33)38-37-27)21-5-9-24(10-6-21)35-31(44)45-2/h5-10,12-13,16-17,19-20,26H,3-4,11,14-15,18H2,1-2H3,(H,35,44)(H,36,43)/b13-7+/t20?,26-/m0/s1. The highest BCUT2D eigenvalue weighted by Gasteiger charge is 2.24. The Morgan fingerprint density at radius 1 is 1.13 bits per heavy atom. The highest BCUT2D eigenvalue weighted by atomic mass is 35.5. The van der Waals surface area contributed by atoms with E-state index < -0.39 is 12.1 Å². The van der Waals surface area contributed by atoms with Crippen molar-refractivity contribution in [2.45, 2.75) is 32.2 Å². The molecule has 1 fully saturated rings. The molecule has 0 spiro atoms. The van der Waals surface area contributed by atoms with Gasteiger partial charge >= 0.3 is 6.09 Å². The molecule has 45 heavy (non-hydrogen) atoms. The van der Waals surface area contributed by atoms with Crippen LogP contribution in [0.15, 0.2) is 60.9 Å². The maximum Gasteiger partial charge on any atom is 0.411 e. The number of aromatic nitrogens is 6. The van der Waals surface area contributed by atoms with Gasteiger partial charge in [0, 0.05) is 34.5 Å². The number of likely N-dealkylation sites (tertiary alicyclic amines) is 1. The molecule has 0 aliphatic carbocycles. The Morgan fingerprint density at radius 2 is 1.96 bits per heavy atom. The van der Waals surface area contributed by atoms with Crippen LogP contribution in [0, 0.1) is 5.92 Å². The summed E-state index contributed by atoms with van der Waals surface area (Å²) in [4.78, 5) is 27.4. The first-order valence-electron chi connectivity index (χ1n) is 14.5. The molecule has 1 aliphatic rings. The van der Waals surface area contributed by atoms with Gasteiger partial charge in [-0.25, -0.2) is 4.79 Å². The number of halogens is 2. The van der Waals surface area contributed by atoms with E-state index in [4.69, 9.17) is 23.2 Å². The summed E-state index contributed by atoms with van der Waals surface area (Å²) in [5.74, 6) is 0.223. The average molecular weight is 651 g/mol. The van der Waals surface area contributed by atoms with Crippen molar-refractivity contribution >= 4 is 47.0 Å². The topological polar surface area (TPSA) is 140 Å². The molecular formula is C31H33Cl2N9O3. The van der Waals surface area contributed by atoms with Gasteiger partial charge in [0.05, 0.1) is 24.5 Å². The Hall–Kier alpha value is -4.39. The molecule has 1 aliphatic heterocycles. The number of ether oxygens (including phenoxy) is 1. The van der Waals surface area contributed by atoms with Gasteiger partial charge in [0.2, 0.25) is 5.91 Å². The number of benzene rings is 2. The van der Waals surface area contributed by atoms with E-state index in [1.165, 1.54) is 24.2 Å². The number of nitrogens with zero attached hydrogens (tertiary/aromatic N) is 7. The number of rotatable bonds is 11. The number of tetrazole rings is 1. The van der Waals surface area contributed by atoms with Crippen molar-refractivity contribution in [1.82, 2.24) is 40.6 Å². The quantitative estimate of drug-likeness (QED) is 0.199. The fourth-order valence-electron chi connectivity index (χ4n) is 5.32. The van der Waals surface area contributed by atoms with Crippen LogP contribution in [-0.4, -0.2) is 74.0 Å². The number of methoxy groups -OCH3 is 1. The summed E-state index contributed by atoms with van der Waals surface area (Å²) in [6.07, 6.45) is 6.74. The first-order valence-corrected chi connectivity index (χ1v) is 15.3. The van der Waals surface area contributed by atoms with Crippen LogP contribution < -0.4 is 10.6 Å². The molecule has 2 aromatic carbocycles. The van der Waals surface area contributed by atoms with Gasteiger partial charge in [-0.2, -0.15) is 9.78 Å². The number of anilines is 1. The Bertz CT molecular complexity index is 1650. The molecule has 2 N–H and O–H groups in total. The lowest BCUT2D eigenvalue weighted by Crippen LogP contribution is -2.28. The molecule has 4 aromatic rings. The monoisotopic (exact) mass is 649 g/mol. The fourth-order valence-corrected chi connectivity index (χ4v) is 5.71. The van der Waals surface area contributed by atoms with Gasteiger partial charge in [0.15, 0.2) is 5.15 Å². The van der Waals surface area contributed by atoms with Crippen LogP contribution in [0.4, 0.5) is 10.5 Å². The molecule has 2 amide bonds. The first kappa shape index (κ1) is 32.0. The normalized spacial score (nSPS) is 15.7. The van der Waals surface area contributed by atoms with E-state index in [-0.39, 0.29) is 11.1 Å². The van der Waals surface area contributed by atoms with Crippen molar-refractivity contribution in [1.29, 1.82) is 0 Å². The summed E-state index contributed by atoms with van der Waals surface area (Å²) in [7, 11) is 1.30. The van der Waals surface area contributed by atoms with Crippen LogP contribution in [0.2, 0.25) is 10.2 Å². The fraction of sp³-hybridized carbons (Fsp3) is 0.323. The van der Waals surface area contributed by atoms with Crippen LogP contribution >= 0.6 is 23.2 Å². The summed E-state index contributed by atoms with van der Waals surface area (Å²) in [5, 5.41) is 26.5. The van der Waals surface area contributed by atoms with Crippen molar-refractivity contribution in [3.63, 3.8) is 0 Å². The number of carbonyl (C=O) groups excluding carboxylic acids is 2. The first-order chi connectivity index (χ1) is 21.8. The number of hydrogen-bond acceptors (Lipinski definition) is 9. The molecule has 0 radical (unpaired) electrons. The zero-order chi connectivity index (χ0) is 31.8. The second-order valence-corrected chi connectivity index (χ2v) is 11.4. The molecule has 1 saturated heterocycles. The van der Waals surface area contributed by atoms with Crippen molar-refractivity contribution in [3.05, 3.63) is 82.4 Å². The minimum Gasteiger partial charge on any atom is -0.453 e. The summed E-state index contributed by atoms with van der Waals surface area (Å²) in [5.41, 5.74) is 3.95. The molecule has 5 rings (SSSR count). The van der Waals surface area contributed by atoms with Crippen molar-refractivity contribution in [2.75, 3.05) is 32.1 Å². The molecule has 0 saturated carbocycles. The van der Waals surface area contributed by atoms with E-state index in [0.717, 1.165) is 38.0 Å². The summed E-state index contributed by atoms with van der Waals surface area (Å²) in [6, 6.07) is 13.8. The average Bonchev–Trinajstić information content (AvgIpc) is 3.76. The van der Waals surface area contributed by atoms with E-state index >= 15 is 0 Å². The minimum absolute atomic E-state index is 0.225. The van der Waals surface area contributed by atoms with E-state index in [9.17, 15) is 9.59 Å². The Balaban J connectivity index is 1.38. The van der Waals surface area contributed by atoms with E-state index in [1.54, 1.807) is 36.4 Å². The molecule has 0 bridgehead atoms. The third-order valence-corrected chi connectivity index (χ3v) is 8.26. The highest BCUT2D eigenvalue weighted by Crippen LogP contribution is 2.31. The zero-order valence-electron chi connectivity index (χ0n) is 24.9. The number of carbonyl (C=O) groups is 2. The second kappa shape index (κ2) is 15.1. The number of hydrogen-bond donors (Lipinski definition) is 2. The van der Waals surface area contributed by atoms with Gasteiger partial charge in [0.25, 0.3) is 0 Å². The highest BCUT2D eigenvalue weighted by molar-refractivity contribution is 6.32. The maximum atomic E-state index is 13.3. The minimum atomic E-state index is -0.562. The van der Waals surface area contributed by atoms with Crippen molar-refractivity contribution in [2.24, 2.45) is 5.92 Å². The van der Waals surface area contributed by atoms with Gasteiger partial charge in [-0.05, 0) is 96.7 Å². The third kappa shape index (κ3) is 8.41. The Labute approximate surface area is 270 Å². The molecule has 1 unspecified atom stereocenters. The van der Waals surface area contributed by atoms with Gasteiger partial charge in [-0.15, -0.1) is 10.2 Å². The molecule has 234 valence electrons. The summed E-state index contributed by atoms with van der Waals surface area (Å²) >= 11 is 12.7. The lowest BCUT2D eigenvalue weighted by molar-refractivity contribution is -0.117. The van der Waals surface area contributed by atoms with Crippen LogP contribution in [0.1, 0.15) is 43.5 Å². The molecule has 2 aromatic heterocycles. The number of nitrogens with one attached hydrogen (secondary N) is 2. The van der Waals surface area contributed by atoms with Gasteiger partial charge in [-0.1, -0.05) is 42.3 Å². The van der Waals surface area contributed by atoms with Crippen molar-refractivity contribution < 1.29 is 14.3 Å². The van der Waals surface area contributed by atoms with Crippen LogP contribution in [0.25, 0.3) is 22.9 Å². The molecule has 3 heterocycles. The predicted octanol–water partition coefficient (Wildman–Crippen LogP) is 5.60. The van der Waals surface area contributed by atoms with Crippen molar-refractivity contribution in [3.8, 4) is 16.8 Å². The maximum absolute atomic E-state index is 13.3. The summed E-state index contributed by atoms with van der Waals surface area (Å²) in [6.45, 7) is 5.31. The Morgan fingerprint density at radius 3 is 2.67 bits per heavy atom. The molecular weight excluding hydrogens is 617 g/mol. The molecule has 14 heteroatoms.